The SMILES string of the molecule is COc1cc2nnc(-c3cc(C)on3)n2nc1OCc1ccc2c(n1)CCN(C(C)=O)C2. The van der Waals surface area contributed by atoms with Gasteiger partial charge in [0.2, 0.25) is 11.7 Å². The molecule has 5 rings (SSSR count). The van der Waals surface area contributed by atoms with Crippen LogP contribution in [0.15, 0.2) is 28.8 Å². The second-order valence-corrected chi connectivity index (χ2v) is 7.52. The summed E-state index contributed by atoms with van der Waals surface area (Å²) in [6.45, 7) is 4.85. The lowest BCUT2D eigenvalue weighted by molar-refractivity contribution is -0.129. The number of rotatable bonds is 5. The molecule has 0 N–H and O–H groups in total. The summed E-state index contributed by atoms with van der Waals surface area (Å²) in [6, 6.07) is 7.35. The van der Waals surface area contributed by atoms with Gasteiger partial charge in [-0.25, -0.2) is 0 Å². The summed E-state index contributed by atoms with van der Waals surface area (Å²) in [6.07, 6.45) is 0.720. The quantitative estimate of drug-likeness (QED) is 0.463. The molecule has 1 aliphatic heterocycles. The van der Waals surface area contributed by atoms with E-state index >= 15 is 0 Å². The Bertz CT molecular complexity index is 1310. The summed E-state index contributed by atoms with van der Waals surface area (Å²) in [5.74, 6) is 1.88. The third-order valence-corrected chi connectivity index (χ3v) is 5.31. The molecule has 0 atom stereocenters. The van der Waals surface area contributed by atoms with Crippen LogP contribution in [-0.4, -0.2) is 54.4 Å². The predicted molar refractivity (Wildman–Crippen MR) is 111 cm³/mol. The number of methoxy groups -OCH3 is 1. The van der Waals surface area contributed by atoms with Crippen LogP contribution in [0.2, 0.25) is 0 Å². The number of aromatic nitrogens is 6. The smallest absolute Gasteiger partial charge is 0.275 e. The van der Waals surface area contributed by atoms with Gasteiger partial charge in [-0.3, -0.25) is 9.78 Å². The minimum Gasteiger partial charge on any atom is -0.491 e. The Kier molecular flexibility index (Phi) is 4.92. The maximum atomic E-state index is 11.6. The lowest BCUT2D eigenvalue weighted by Crippen LogP contribution is -2.34. The van der Waals surface area contributed by atoms with E-state index in [2.05, 4.69) is 20.5 Å². The van der Waals surface area contributed by atoms with Gasteiger partial charge >= 0.3 is 0 Å². The van der Waals surface area contributed by atoms with Crippen molar-refractivity contribution in [1.29, 1.82) is 0 Å². The van der Waals surface area contributed by atoms with Crippen LogP contribution in [-0.2, 0) is 24.4 Å². The van der Waals surface area contributed by atoms with E-state index in [1.165, 1.54) is 11.6 Å². The lowest BCUT2D eigenvalue weighted by Gasteiger charge is -2.27. The van der Waals surface area contributed by atoms with Crippen molar-refractivity contribution in [2.24, 2.45) is 0 Å². The van der Waals surface area contributed by atoms with E-state index in [-0.39, 0.29) is 18.4 Å². The van der Waals surface area contributed by atoms with Crippen LogP contribution in [0.4, 0.5) is 0 Å². The third kappa shape index (κ3) is 3.61. The molecule has 0 radical (unpaired) electrons. The Morgan fingerprint density at radius 2 is 2.12 bits per heavy atom. The Morgan fingerprint density at radius 3 is 2.88 bits per heavy atom. The van der Waals surface area contributed by atoms with Crippen LogP contribution < -0.4 is 9.47 Å². The molecule has 4 aromatic heterocycles. The molecular formula is C21H21N7O4. The van der Waals surface area contributed by atoms with Gasteiger partial charge in [0.1, 0.15) is 12.4 Å². The van der Waals surface area contributed by atoms with Gasteiger partial charge in [0, 0.05) is 44.3 Å². The van der Waals surface area contributed by atoms with Crippen LogP contribution in [0, 0.1) is 6.92 Å². The van der Waals surface area contributed by atoms with Gasteiger partial charge in [-0.15, -0.1) is 15.3 Å². The molecule has 0 saturated carbocycles. The summed E-state index contributed by atoms with van der Waals surface area (Å²) in [7, 11) is 1.54. The van der Waals surface area contributed by atoms with Gasteiger partial charge in [0.05, 0.1) is 12.8 Å². The summed E-state index contributed by atoms with van der Waals surface area (Å²) in [5.41, 5.74) is 3.83. The first kappa shape index (κ1) is 19.9. The molecule has 0 bridgehead atoms. The first-order chi connectivity index (χ1) is 15.5. The fourth-order valence-corrected chi connectivity index (χ4v) is 3.63. The van der Waals surface area contributed by atoms with Gasteiger partial charge < -0.3 is 18.9 Å². The molecule has 0 fully saturated rings. The van der Waals surface area contributed by atoms with Gasteiger partial charge in [-0.05, 0) is 18.6 Å². The zero-order valence-corrected chi connectivity index (χ0v) is 17.9. The number of hydrogen-bond donors (Lipinski definition) is 0. The summed E-state index contributed by atoms with van der Waals surface area (Å²) in [5, 5.41) is 16.8. The number of amides is 1. The van der Waals surface area contributed by atoms with Gasteiger partial charge in [-0.2, -0.15) is 4.52 Å². The van der Waals surface area contributed by atoms with Crippen molar-refractivity contribution in [2.75, 3.05) is 13.7 Å². The maximum Gasteiger partial charge on any atom is 0.275 e. The first-order valence-corrected chi connectivity index (χ1v) is 10.1. The van der Waals surface area contributed by atoms with E-state index in [1.807, 2.05) is 17.0 Å². The molecule has 0 aliphatic carbocycles. The van der Waals surface area contributed by atoms with E-state index in [1.54, 1.807) is 26.0 Å². The Hall–Kier alpha value is -4.02. The largest absolute Gasteiger partial charge is 0.491 e. The van der Waals surface area contributed by atoms with E-state index in [0.29, 0.717) is 41.8 Å². The van der Waals surface area contributed by atoms with Crippen molar-refractivity contribution in [1.82, 2.24) is 34.9 Å². The molecule has 1 amide bonds. The van der Waals surface area contributed by atoms with Crippen LogP contribution in [0.5, 0.6) is 11.6 Å². The minimum atomic E-state index is 0.0748. The van der Waals surface area contributed by atoms with Crippen molar-refractivity contribution in [3.05, 3.63) is 47.0 Å². The highest BCUT2D eigenvalue weighted by atomic mass is 16.5. The molecule has 4 aromatic rings. The molecule has 1 aliphatic rings. The molecule has 0 spiro atoms. The maximum absolute atomic E-state index is 11.6. The van der Waals surface area contributed by atoms with Crippen LogP contribution in [0.1, 0.15) is 29.6 Å². The Labute approximate surface area is 183 Å². The molecule has 0 unspecified atom stereocenters. The number of hydrogen-bond acceptors (Lipinski definition) is 9. The molecule has 11 nitrogen and oxygen atoms in total. The number of fused-ring (bicyclic) bond motifs is 2. The molecular weight excluding hydrogens is 414 g/mol. The van der Waals surface area contributed by atoms with Crippen molar-refractivity contribution in [3.63, 3.8) is 0 Å². The lowest BCUT2D eigenvalue weighted by atomic mass is 10.1. The number of carbonyl (C=O) groups excluding carboxylic acids is 1. The Morgan fingerprint density at radius 1 is 1.25 bits per heavy atom. The molecule has 11 heteroatoms. The second kappa shape index (κ2) is 7.91. The predicted octanol–water partition coefficient (Wildman–Crippen LogP) is 1.97. The molecule has 164 valence electrons. The third-order valence-electron chi connectivity index (χ3n) is 5.31. The molecule has 32 heavy (non-hydrogen) atoms. The molecule has 0 aromatic carbocycles. The van der Waals surface area contributed by atoms with Crippen molar-refractivity contribution in [2.45, 2.75) is 33.4 Å². The van der Waals surface area contributed by atoms with Crippen LogP contribution in [0.25, 0.3) is 17.2 Å². The fourth-order valence-electron chi connectivity index (χ4n) is 3.63. The summed E-state index contributed by atoms with van der Waals surface area (Å²) >= 11 is 0. The highest BCUT2D eigenvalue weighted by Crippen LogP contribution is 2.28. The number of pyridine rings is 1. The van der Waals surface area contributed by atoms with Crippen molar-refractivity contribution >= 4 is 11.6 Å². The van der Waals surface area contributed by atoms with Crippen LogP contribution in [0.3, 0.4) is 0 Å². The monoisotopic (exact) mass is 435 g/mol. The molecule has 0 saturated heterocycles. The van der Waals surface area contributed by atoms with Gasteiger partial charge in [-0.1, -0.05) is 11.2 Å². The number of carbonyl (C=O) groups is 1. The van der Waals surface area contributed by atoms with E-state index in [0.717, 1.165) is 23.4 Å². The molecule has 5 heterocycles. The highest BCUT2D eigenvalue weighted by molar-refractivity contribution is 5.73. The average Bonchev–Trinajstić information content (AvgIpc) is 3.41. The average molecular weight is 435 g/mol. The van der Waals surface area contributed by atoms with E-state index in [9.17, 15) is 4.79 Å². The van der Waals surface area contributed by atoms with E-state index in [4.69, 9.17) is 19.0 Å². The second-order valence-electron chi connectivity index (χ2n) is 7.52. The standard InChI is InChI=1S/C21H21N7O4/c1-12-8-17(26-32-12)20-24-23-19-9-18(30-3)21(25-28(19)20)31-11-15-5-4-14-10-27(13(2)29)7-6-16(14)22-15/h4-5,8-9H,6-7,10-11H2,1-3H3. The van der Waals surface area contributed by atoms with Crippen LogP contribution >= 0.6 is 0 Å². The number of ether oxygens (including phenoxy) is 2. The number of nitrogens with zero attached hydrogens (tertiary/aromatic N) is 7. The van der Waals surface area contributed by atoms with Gasteiger partial charge in [0.25, 0.3) is 5.88 Å². The zero-order valence-electron chi connectivity index (χ0n) is 17.9. The van der Waals surface area contributed by atoms with Gasteiger partial charge in [0.15, 0.2) is 17.1 Å². The topological polar surface area (TPSA) is 121 Å². The number of aryl methyl sites for hydroxylation is 1. The minimum absolute atomic E-state index is 0.0748. The van der Waals surface area contributed by atoms with Crippen molar-refractivity contribution < 1.29 is 18.8 Å². The normalized spacial score (nSPS) is 13.3. The fraction of sp³-hybridized carbons (Fsp3) is 0.333. The first-order valence-electron chi connectivity index (χ1n) is 10.1. The zero-order chi connectivity index (χ0) is 22.2. The van der Waals surface area contributed by atoms with Crippen molar-refractivity contribution in [3.8, 4) is 23.1 Å². The summed E-state index contributed by atoms with van der Waals surface area (Å²) < 4.78 is 18.1. The van der Waals surface area contributed by atoms with E-state index < -0.39 is 0 Å². The highest BCUT2D eigenvalue weighted by Gasteiger charge is 2.20. The summed E-state index contributed by atoms with van der Waals surface area (Å²) in [4.78, 5) is 18.2. The Balaban J connectivity index is 1.40.